The van der Waals surface area contributed by atoms with Crippen LogP contribution in [0.3, 0.4) is 0 Å². The lowest BCUT2D eigenvalue weighted by Crippen LogP contribution is -2.33. The van der Waals surface area contributed by atoms with Crippen molar-refractivity contribution in [3.8, 4) is 0 Å². The summed E-state index contributed by atoms with van der Waals surface area (Å²) < 4.78 is 6.33. The number of rotatable bonds is 7. The average molecular weight is 421 g/mol. The third kappa shape index (κ3) is 3.89. The van der Waals surface area contributed by atoms with Gasteiger partial charge in [-0.05, 0) is 37.1 Å². The number of benzene rings is 2. The Morgan fingerprint density at radius 1 is 0.871 bits per heavy atom. The van der Waals surface area contributed by atoms with Gasteiger partial charge in [0.1, 0.15) is 6.54 Å². The highest BCUT2D eigenvalue weighted by Crippen LogP contribution is 2.22. The number of fused-ring (bicyclic) bond motifs is 2. The van der Waals surface area contributed by atoms with Crippen molar-refractivity contribution in [2.75, 3.05) is 13.2 Å². The van der Waals surface area contributed by atoms with Gasteiger partial charge in [-0.1, -0.05) is 24.3 Å². The monoisotopic (exact) mass is 421 g/mol. The number of amides is 2. The average Bonchev–Trinajstić information content (AvgIpc) is 3.01. The zero-order valence-corrected chi connectivity index (χ0v) is 16.5. The van der Waals surface area contributed by atoms with E-state index in [0.717, 1.165) is 4.57 Å². The fraction of sp³-hybridized carbons (Fsp3) is 0.227. The molecule has 0 fully saturated rings. The number of nitrogens with one attached hydrogen (secondary N) is 1. The number of esters is 1. The van der Waals surface area contributed by atoms with Gasteiger partial charge in [0.2, 0.25) is 0 Å². The minimum Gasteiger partial charge on any atom is -0.464 e. The molecule has 158 valence electrons. The van der Waals surface area contributed by atoms with Crippen molar-refractivity contribution < 1.29 is 19.1 Å². The molecule has 0 aliphatic carbocycles. The lowest BCUT2D eigenvalue weighted by molar-refractivity contribution is -0.144. The summed E-state index contributed by atoms with van der Waals surface area (Å²) >= 11 is 0. The van der Waals surface area contributed by atoms with Gasteiger partial charge in [0.05, 0.1) is 28.6 Å². The maximum absolute atomic E-state index is 12.3. The van der Waals surface area contributed by atoms with Crippen molar-refractivity contribution in [2.45, 2.75) is 19.4 Å². The van der Waals surface area contributed by atoms with Gasteiger partial charge >= 0.3 is 11.7 Å². The molecule has 0 spiro atoms. The van der Waals surface area contributed by atoms with E-state index in [9.17, 15) is 24.0 Å². The first-order valence-electron chi connectivity index (χ1n) is 9.80. The van der Waals surface area contributed by atoms with E-state index in [1.807, 2.05) is 0 Å². The van der Waals surface area contributed by atoms with Gasteiger partial charge in [0.25, 0.3) is 17.4 Å². The van der Waals surface area contributed by atoms with Crippen LogP contribution < -0.4 is 11.2 Å². The fourth-order valence-electron chi connectivity index (χ4n) is 3.57. The number of para-hydroxylation sites is 1. The highest BCUT2D eigenvalue weighted by Gasteiger charge is 2.34. The van der Waals surface area contributed by atoms with Gasteiger partial charge in [-0.15, -0.1) is 0 Å². The molecule has 1 aromatic heterocycles. The van der Waals surface area contributed by atoms with Crippen LogP contribution in [-0.4, -0.2) is 45.4 Å². The smallest absolute Gasteiger partial charge is 0.329 e. The zero-order chi connectivity index (χ0) is 22.0. The number of aromatic amines is 1. The summed E-state index contributed by atoms with van der Waals surface area (Å²) in [6.07, 6.45) is 0.917. The van der Waals surface area contributed by atoms with Crippen LogP contribution in [0, 0.1) is 0 Å². The Morgan fingerprint density at radius 2 is 1.52 bits per heavy atom. The topological polar surface area (TPSA) is 119 Å². The van der Waals surface area contributed by atoms with Gasteiger partial charge in [-0.25, -0.2) is 4.79 Å². The molecule has 1 N–H and O–H groups in total. The summed E-state index contributed by atoms with van der Waals surface area (Å²) in [6.45, 7) is -0.0273. The van der Waals surface area contributed by atoms with Crippen LogP contribution in [0.25, 0.3) is 10.9 Å². The van der Waals surface area contributed by atoms with Gasteiger partial charge in [-0.2, -0.15) is 0 Å². The van der Waals surface area contributed by atoms with Crippen molar-refractivity contribution >= 4 is 28.7 Å². The van der Waals surface area contributed by atoms with Crippen LogP contribution in [0.2, 0.25) is 0 Å². The number of carbonyl (C=O) groups is 3. The molecular formula is C22H19N3O6. The Kier molecular flexibility index (Phi) is 5.48. The molecule has 2 heterocycles. The van der Waals surface area contributed by atoms with Crippen LogP contribution in [0.4, 0.5) is 0 Å². The summed E-state index contributed by atoms with van der Waals surface area (Å²) in [4.78, 5) is 64.1. The lowest BCUT2D eigenvalue weighted by atomic mass is 10.1. The van der Waals surface area contributed by atoms with Crippen molar-refractivity contribution in [2.24, 2.45) is 0 Å². The van der Waals surface area contributed by atoms with E-state index in [-0.39, 0.29) is 31.5 Å². The maximum Gasteiger partial charge on any atom is 0.329 e. The van der Waals surface area contributed by atoms with Gasteiger partial charge < -0.3 is 4.74 Å². The largest absolute Gasteiger partial charge is 0.464 e. The highest BCUT2D eigenvalue weighted by molar-refractivity contribution is 6.21. The molecule has 0 unspecified atom stereocenters. The molecule has 2 aromatic carbocycles. The Morgan fingerprint density at radius 3 is 2.23 bits per heavy atom. The van der Waals surface area contributed by atoms with Crippen LogP contribution in [0.5, 0.6) is 0 Å². The Balaban J connectivity index is 1.29. The number of hydrogen-bond donors (Lipinski definition) is 1. The second-order valence-corrected chi connectivity index (χ2v) is 7.10. The third-order valence-corrected chi connectivity index (χ3v) is 5.11. The first-order valence-corrected chi connectivity index (χ1v) is 9.80. The van der Waals surface area contributed by atoms with Crippen LogP contribution in [-0.2, 0) is 16.1 Å². The van der Waals surface area contributed by atoms with E-state index >= 15 is 0 Å². The first-order chi connectivity index (χ1) is 15.0. The third-order valence-electron chi connectivity index (χ3n) is 5.11. The number of ether oxygens (including phenoxy) is 1. The molecule has 4 rings (SSSR count). The molecule has 1 aliphatic heterocycles. The number of aromatic nitrogens is 2. The van der Waals surface area contributed by atoms with Crippen LogP contribution in [0.15, 0.2) is 58.1 Å². The number of hydrogen-bond acceptors (Lipinski definition) is 6. The van der Waals surface area contributed by atoms with Gasteiger partial charge in [0, 0.05) is 6.54 Å². The predicted molar refractivity (Wildman–Crippen MR) is 111 cm³/mol. The minimum absolute atomic E-state index is 0.0814. The van der Waals surface area contributed by atoms with Gasteiger partial charge in [-0.3, -0.25) is 33.6 Å². The maximum atomic E-state index is 12.3. The fourth-order valence-corrected chi connectivity index (χ4v) is 3.57. The Hall–Kier alpha value is -4.01. The molecule has 9 nitrogen and oxygen atoms in total. The standard InChI is InChI=1S/C22H19N3O6/c26-18(13-25-17-10-4-3-9-16(17)19(27)23-22(25)30)31-12-6-5-11-24-20(28)14-7-1-2-8-15(14)21(24)29/h1-4,7-10H,5-6,11-13H2,(H,23,27,30). The molecule has 0 saturated heterocycles. The molecule has 0 radical (unpaired) electrons. The summed E-state index contributed by atoms with van der Waals surface area (Å²) in [6, 6.07) is 13.2. The second kappa shape index (κ2) is 8.39. The molecule has 0 bridgehead atoms. The van der Waals surface area contributed by atoms with Crippen molar-refractivity contribution in [1.29, 1.82) is 0 Å². The van der Waals surface area contributed by atoms with E-state index in [1.165, 1.54) is 4.90 Å². The number of unbranched alkanes of at least 4 members (excludes halogenated alkanes) is 1. The summed E-state index contributed by atoms with van der Waals surface area (Å²) in [7, 11) is 0. The summed E-state index contributed by atoms with van der Waals surface area (Å²) in [5.41, 5.74) is -0.0570. The van der Waals surface area contributed by atoms with E-state index < -0.39 is 17.2 Å². The normalized spacial score (nSPS) is 13.0. The lowest BCUT2D eigenvalue weighted by Gasteiger charge is -2.13. The Bertz CT molecular complexity index is 1270. The number of carbonyl (C=O) groups excluding carboxylic acids is 3. The minimum atomic E-state index is -0.689. The first kappa shape index (κ1) is 20.3. The molecule has 2 amide bonds. The number of H-pyrrole nitrogens is 1. The number of imide groups is 1. The molecule has 0 atom stereocenters. The quantitative estimate of drug-likeness (QED) is 0.349. The van der Waals surface area contributed by atoms with Crippen LogP contribution >= 0.6 is 0 Å². The van der Waals surface area contributed by atoms with Crippen LogP contribution in [0.1, 0.15) is 33.6 Å². The molecule has 9 heteroatoms. The van der Waals surface area contributed by atoms with Crippen molar-refractivity contribution in [3.05, 3.63) is 80.5 Å². The molecule has 3 aromatic rings. The van der Waals surface area contributed by atoms with Crippen molar-refractivity contribution in [3.63, 3.8) is 0 Å². The summed E-state index contributed by atoms with van der Waals surface area (Å²) in [5, 5.41) is 0.302. The molecular weight excluding hydrogens is 402 g/mol. The van der Waals surface area contributed by atoms with E-state index in [4.69, 9.17) is 4.74 Å². The van der Waals surface area contributed by atoms with E-state index in [0.29, 0.717) is 34.9 Å². The molecule has 0 saturated carbocycles. The second-order valence-electron chi connectivity index (χ2n) is 7.10. The molecule has 1 aliphatic rings. The SMILES string of the molecule is O=C(Cn1c(=O)[nH]c(=O)c2ccccc21)OCCCCN1C(=O)c2ccccc2C1=O. The van der Waals surface area contributed by atoms with Crippen molar-refractivity contribution in [1.82, 2.24) is 14.5 Å². The molecule has 31 heavy (non-hydrogen) atoms. The van der Waals surface area contributed by atoms with E-state index in [2.05, 4.69) is 4.98 Å². The Labute approximate surface area is 175 Å². The number of nitrogens with zero attached hydrogens (tertiary/aromatic N) is 2. The predicted octanol–water partition coefficient (Wildman–Crippen LogP) is 1.31. The van der Waals surface area contributed by atoms with E-state index in [1.54, 1.807) is 48.5 Å². The van der Waals surface area contributed by atoms with Gasteiger partial charge in [0.15, 0.2) is 0 Å². The summed E-state index contributed by atoms with van der Waals surface area (Å²) in [5.74, 6) is -1.26. The highest BCUT2D eigenvalue weighted by atomic mass is 16.5. The zero-order valence-electron chi connectivity index (χ0n) is 16.5.